The Hall–Kier alpha value is -0.960. The summed E-state index contributed by atoms with van der Waals surface area (Å²) in [7, 11) is 0. The smallest absolute Gasteiger partial charge is 0.220 e. The van der Waals surface area contributed by atoms with Crippen molar-refractivity contribution >= 4 is 17.5 Å². The van der Waals surface area contributed by atoms with Crippen molar-refractivity contribution in [2.45, 2.75) is 44.1 Å². The van der Waals surface area contributed by atoms with Crippen LogP contribution >= 0.6 is 11.6 Å². The number of hydrogen-bond acceptors (Lipinski definition) is 2. The fraction of sp³-hybridized carbons (Fsp3) is 0.615. The van der Waals surface area contributed by atoms with Gasteiger partial charge in [0.15, 0.2) is 0 Å². The molecule has 0 aliphatic heterocycles. The van der Waals surface area contributed by atoms with Crippen LogP contribution in [-0.4, -0.2) is 17.3 Å². The molecule has 0 unspecified atom stereocenters. The highest BCUT2D eigenvalue weighted by Gasteiger charge is 2.34. The average Bonchev–Trinajstić information content (AvgIpc) is 2.98. The summed E-state index contributed by atoms with van der Waals surface area (Å²) in [4.78, 5) is 11.8. The van der Waals surface area contributed by atoms with Gasteiger partial charge in [-0.2, -0.15) is 0 Å². The first kappa shape index (κ1) is 12.5. The molecule has 0 radical (unpaired) electrons. The molecule has 17 heavy (non-hydrogen) atoms. The van der Waals surface area contributed by atoms with Crippen molar-refractivity contribution < 1.29 is 9.21 Å². The van der Waals surface area contributed by atoms with E-state index in [0.717, 1.165) is 31.4 Å². The number of aryl methyl sites for hydroxylation is 1. The van der Waals surface area contributed by atoms with Crippen LogP contribution in [0.1, 0.15) is 37.9 Å². The van der Waals surface area contributed by atoms with E-state index < -0.39 is 0 Å². The Kier molecular flexibility index (Phi) is 4.11. The van der Waals surface area contributed by atoms with Crippen LogP contribution in [0.5, 0.6) is 0 Å². The summed E-state index contributed by atoms with van der Waals surface area (Å²) in [5.74, 6) is 1.44. The fourth-order valence-electron chi connectivity index (χ4n) is 2.39. The third-order valence-electron chi connectivity index (χ3n) is 3.40. The van der Waals surface area contributed by atoms with Gasteiger partial charge in [-0.05, 0) is 25.0 Å². The largest absolute Gasteiger partial charge is 0.469 e. The third kappa shape index (κ3) is 3.25. The van der Waals surface area contributed by atoms with Crippen LogP contribution in [-0.2, 0) is 11.2 Å². The van der Waals surface area contributed by atoms with Crippen molar-refractivity contribution in [2.24, 2.45) is 0 Å². The molecule has 4 heteroatoms. The molecule has 2 rings (SSSR count). The van der Waals surface area contributed by atoms with Crippen LogP contribution in [0.2, 0.25) is 0 Å². The molecule has 1 saturated carbocycles. The van der Waals surface area contributed by atoms with E-state index in [4.69, 9.17) is 16.0 Å². The fourth-order valence-corrected chi connectivity index (χ4v) is 2.73. The maximum Gasteiger partial charge on any atom is 0.220 e. The van der Waals surface area contributed by atoms with Gasteiger partial charge in [0.2, 0.25) is 5.91 Å². The van der Waals surface area contributed by atoms with Crippen LogP contribution < -0.4 is 5.32 Å². The van der Waals surface area contributed by atoms with Crippen LogP contribution in [0, 0.1) is 0 Å². The van der Waals surface area contributed by atoms with Crippen LogP contribution in [0.25, 0.3) is 0 Å². The Balaban J connectivity index is 1.80. The monoisotopic (exact) mass is 255 g/mol. The highest BCUT2D eigenvalue weighted by atomic mass is 35.5. The molecule has 0 aromatic carbocycles. The van der Waals surface area contributed by atoms with Gasteiger partial charge >= 0.3 is 0 Å². The van der Waals surface area contributed by atoms with Gasteiger partial charge in [0.25, 0.3) is 0 Å². The van der Waals surface area contributed by atoms with Crippen LogP contribution in [0.4, 0.5) is 0 Å². The van der Waals surface area contributed by atoms with E-state index in [1.807, 2.05) is 12.1 Å². The third-order valence-corrected chi connectivity index (χ3v) is 3.91. The Morgan fingerprint density at radius 2 is 2.24 bits per heavy atom. The molecule has 1 aliphatic carbocycles. The Bertz CT molecular complexity index is 356. The Morgan fingerprint density at radius 3 is 2.82 bits per heavy atom. The lowest BCUT2D eigenvalue weighted by Crippen LogP contribution is -2.47. The number of nitrogens with one attached hydrogen (secondary N) is 1. The van der Waals surface area contributed by atoms with Gasteiger partial charge in [-0.15, -0.1) is 11.6 Å². The Morgan fingerprint density at radius 1 is 1.47 bits per heavy atom. The first-order chi connectivity index (χ1) is 8.24. The van der Waals surface area contributed by atoms with Crippen LogP contribution in [0.15, 0.2) is 22.8 Å². The molecule has 1 aromatic heterocycles. The summed E-state index contributed by atoms with van der Waals surface area (Å²) < 4.78 is 5.20. The predicted octanol–water partition coefficient (Wildman–Crippen LogP) is 2.88. The number of alkyl halides is 1. The summed E-state index contributed by atoms with van der Waals surface area (Å²) >= 11 is 5.98. The number of carbonyl (C=O) groups excluding carboxylic acids is 1. The topological polar surface area (TPSA) is 42.2 Å². The minimum absolute atomic E-state index is 0.0731. The highest BCUT2D eigenvalue weighted by Crippen LogP contribution is 2.30. The molecule has 0 saturated heterocycles. The van der Waals surface area contributed by atoms with Gasteiger partial charge in [-0.1, -0.05) is 12.8 Å². The first-order valence-corrected chi connectivity index (χ1v) is 6.67. The maximum atomic E-state index is 11.8. The number of hydrogen-bond donors (Lipinski definition) is 1. The molecular formula is C13H18ClNO2. The molecule has 94 valence electrons. The summed E-state index contributed by atoms with van der Waals surface area (Å²) in [5, 5.41) is 3.09. The molecular weight excluding hydrogens is 238 g/mol. The quantitative estimate of drug-likeness (QED) is 0.822. The molecule has 0 spiro atoms. The lowest BCUT2D eigenvalue weighted by Gasteiger charge is -2.27. The second kappa shape index (κ2) is 5.58. The van der Waals surface area contributed by atoms with Gasteiger partial charge < -0.3 is 9.73 Å². The van der Waals surface area contributed by atoms with Crippen molar-refractivity contribution in [3.8, 4) is 0 Å². The van der Waals surface area contributed by atoms with Crippen LogP contribution in [0.3, 0.4) is 0 Å². The van der Waals surface area contributed by atoms with Gasteiger partial charge in [0.1, 0.15) is 5.76 Å². The zero-order chi connectivity index (χ0) is 12.1. The van der Waals surface area contributed by atoms with E-state index in [1.165, 1.54) is 0 Å². The van der Waals surface area contributed by atoms with Crippen molar-refractivity contribution in [2.75, 3.05) is 5.88 Å². The van der Waals surface area contributed by atoms with Crippen molar-refractivity contribution in [1.82, 2.24) is 5.32 Å². The van der Waals surface area contributed by atoms with E-state index in [-0.39, 0.29) is 11.4 Å². The van der Waals surface area contributed by atoms with Gasteiger partial charge in [0, 0.05) is 18.7 Å². The predicted molar refractivity (Wildman–Crippen MR) is 67.1 cm³/mol. The van der Waals surface area contributed by atoms with Crippen molar-refractivity contribution in [3.05, 3.63) is 24.2 Å². The Labute approximate surface area is 107 Å². The molecule has 1 aromatic rings. The normalized spacial score (nSPS) is 18.2. The molecule has 1 fully saturated rings. The molecule has 1 amide bonds. The van der Waals surface area contributed by atoms with E-state index in [2.05, 4.69) is 5.32 Å². The van der Waals surface area contributed by atoms with E-state index in [9.17, 15) is 4.79 Å². The van der Waals surface area contributed by atoms with E-state index in [0.29, 0.717) is 18.7 Å². The number of rotatable bonds is 5. The van der Waals surface area contributed by atoms with Gasteiger partial charge in [-0.25, -0.2) is 0 Å². The maximum absolute atomic E-state index is 11.8. The molecule has 1 aliphatic rings. The minimum atomic E-state index is -0.151. The number of carbonyl (C=O) groups is 1. The molecule has 0 bridgehead atoms. The second-order valence-electron chi connectivity index (χ2n) is 4.75. The summed E-state index contributed by atoms with van der Waals surface area (Å²) in [6.07, 6.45) is 7.07. The summed E-state index contributed by atoms with van der Waals surface area (Å²) in [6.45, 7) is 0. The van der Waals surface area contributed by atoms with E-state index in [1.54, 1.807) is 6.26 Å². The molecule has 1 N–H and O–H groups in total. The SMILES string of the molecule is O=C(CCc1ccco1)NC1(CCl)CCCC1. The number of furan rings is 1. The number of amides is 1. The number of halogens is 1. The zero-order valence-electron chi connectivity index (χ0n) is 9.88. The molecule has 3 nitrogen and oxygen atoms in total. The highest BCUT2D eigenvalue weighted by molar-refractivity contribution is 6.18. The summed E-state index contributed by atoms with van der Waals surface area (Å²) in [6, 6.07) is 3.73. The standard InChI is InChI=1S/C13H18ClNO2/c14-10-13(7-1-2-8-13)15-12(16)6-5-11-4-3-9-17-11/h3-4,9H,1-2,5-8,10H2,(H,15,16). The lowest BCUT2D eigenvalue weighted by molar-refractivity contribution is -0.122. The van der Waals surface area contributed by atoms with Gasteiger partial charge in [-0.3, -0.25) is 4.79 Å². The minimum Gasteiger partial charge on any atom is -0.469 e. The lowest BCUT2D eigenvalue weighted by atomic mass is 10.00. The average molecular weight is 256 g/mol. The summed E-state index contributed by atoms with van der Waals surface area (Å²) in [5.41, 5.74) is -0.151. The second-order valence-corrected chi connectivity index (χ2v) is 5.02. The van der Waals surface area contributed by atoms with Gasteiger partial charge in [0.05, 0.1) is 11.8 Å². The zero-order valence-corrected chi connectivity index (χ0v) is 10.6. The van der Waals surface area contributed by atoms with Crippen molar-refractivity contribution in [1.29, 1.82) is 0 Å². The van der Waals surface area contributed by atoms with E-state index >= 15 is 0 Å². The van der Waals surface area contributed by atoms with Crippen molar-refractivity contribution in [3.63, 3.8) is 0 Å². The first-order valence-electron chi connectivity index (χ1n) is 6.13. The molecule has 1 heterocycles. The molecule has 0 atom stereocenters.